The zero-order chi connectivity index (χ0) is 15.4. The zero-order valence-electron chi connectivity index (χ0n) is 13.8. The van der Waals surface area contributed by atoms with Gasteiger partial charge in [0.25, 0.3) is 0 Å². The van der Waals surface area contributed by atoms with Gasteiger partial charge in [0.2, 0.25) is 0 Å². The fraction of sp³-hybridized carbons (Fsp3) is 0.556. The van der Waals surface area contributed by atoms with Crippen LogP contribution in [0.1, 0.15) is 45.1 Å². The van der Waals surface area contributed by atoms with Crippen LogP contribution in [0, 0.1) is 5.92 Å². The van der Waals surface area contributed by atoms with Crippen LogP contribution in [0.15, 0.2) is 28.7 Å². The summed E-state index contributed by atoms with van der Waals surface area (Å²) in [6.45, 7) is 9.49. The summed E-state index contributed by atoms with van der Waals surface area (Å²) < 4.78 is 11.4. The summed E-state index contributed by atoms with van der Waals surface area (Å²) in [4.78, 5) is 0. The highest BCUT2D eigenvalue weighted by molar-refractivity contribution is 5.82. The summed E-state index contributed by atoms with van der Waals surface area (Å²) in [5.41, 5.74) is 2.29. The van der Waals surface area contributed by atoms with E-state index in [1.807, 2.05) is 12.1 Å². The molecule has 21 heavy (non-hydrogen) atoms. The Hall–Kier alpha value is -1.32. The highest BCUT2D eigenvalue weighted by Crippen LogP contribution is 2.30. The van der Waals surface area contributed by atoms with Gasteiger partial charge in [0.15, 0.2) is 0 Å². The van der Waals surface area contributed by atoms with Crippen molar-refractivity contribution in [1.82, 2.24) is 5.32 Å². The molecule has 0 bridgehead atoms. The molecule has 2 atom stereocenters. The molecule has 2 aromatic rings. The maximum absolute atomic E-state index is 6.11. The fourth-order valence-corrected chi connectivity index (χ4v) is 2.84. The predicted molar refractivity (Wildman–Crippen MR) is 87.6 cm³/mol. The molecule has 2 unspecified atom stereocenters. The van der Waals surface area contributed by atoms with Crippen molar-refractivity contribution in [3.05, 3.63) is 35.6 Å². The van der Waals surface area contributed by atoms with Crippen molar-refractivity contribution in [2.45, 2.75) is 46.2 Å². The standard InChI is InChI=1S/C18H27NO2/c1-6-14-15-9-7-8-10-17(15)21-18(14)13(4)19-16(11-20-5)12(2)3/h7-10,12-13,16,19H,6,11H2,1-5H3. The first-order valence-corrected chi connectivity index (χ1v) is 7.83. The van der Waals surface area contributed by atoms with Gasteiger partial charge in [-0.15, -0.1) is 0 Å². The van der Waals surface area contributed by atoms with Gasteiger partial charge in [0.05, 0.1) is 12.6 Å². The number of para-hydroxylation sites is 1. The zero-order valence-corrected chi connectivity index (χ0v) is 13.8. The summed E-state index contributed by atoms with van der Waals surface area (Å²) in [5.74, 6) is 1.57. The average Bonchev–Trinajstić information content (AvgIpc) is 2.85. The van der Waals surface area contributed by atoms with E-state index >= 15 is 0 Å². The molecular formula is C18H27NO2. The summed E-state index contributed by atoms with van der Waals surface area (Å²) in [7, 11) is 1.75. The molecule has 3 heteroatoms. The van der Waals surface area contributed by atoms with E-state index < -0.39 is 0 Å². The third kappa shape index (κ3) is 3.47. The first-order chi connectivity index (χ1) is 10.1. The number of aryl methyl sites for hydroxylation is 1. The van der Waals surface area contributed by atoms with Crippen molar-refractivity contribution < 1.29 is 9.15 Å². The third-order valence-corrected chi connectivity index (χ3v) is 4.09. The van der Waals surface area contributed by atoms with Gasteiger partial charge in [-0.3, -0.25) is 0 Å². The Morgan fingerprint density at radius 3 is 2.52 bits per heavy atom. The normalized spacial score (nSPS) is 14.8. The van der Waals surface area contributed by atoms with Gasteiger partial charge >= 0.3 is 0 Å². The van der Waals surface area contributed by atoms with Crippen molar-refractivity contribution in [1.29, 1.82) is 0 Å². The summed E-state index contributed by atoms with van der Waals surface area (Å²) in [6.07, 6.45) is 0.981. The summed E-state index contributed by atoms with van der Waals surface area (Å²) in [6, 6.07) is 8.77. The van der Waals surface area contributed by atoms with E-state index in [-0.39, 0.29) is 6.04 Å². The van der Waals surface area contributed by atoms with E-state index in [1.165, 1.54) is 10.9 Å². The second-order valence-electron chi connectivity index (χ2n) is 5.99. The second-order valence-corrected chi connectivity index (χ2v) is 5.99. The van der Waals surface area contributed by atoms with Crippen LogP contribution in [0.2, 0.25) is 0 Å². The molecule has 1 aromatic carbocycles. The van der Waals surface area contributed by atoms with E-state index in [0.717, 1.165) is 17.8 Å². The van der Waals surface area contributed by atoms with Crippen LogP contribution in [0.5, 0.6) is 0 Å². The van der Waals surface area contributed by atoms with Gasteiger partial charge in [-0.1, -0.05) is 39.0 Å². The number of hydrogen-bond donors (Lipinski definition) is 1. The number of nitrogens with one attached hydrogen (secondary N) is 1. The molecule has 0 aliphatic rings. The van der Waals surface area contributed by atoms with Crippen LogP contribution in [-0.2, 0) is 11.2 Å². The van der Waals surface area contributed by atoms with Gasteiger partial charge in [-0.2, -0.15) is 0 Å². The highest BCUT2D eigenvalue weighted by atomic mass is 16.5. The predicted octanol–water partition coefficient (Wildman–Crippen LogP) is 4.32. The summed E-state index contributed by atoms with van der Waals surface area (Å²) in [5, 5.41) is 4.88. The molecule has 0 radical (unpaired) electrons. The van der Waals surface area contributed by atoms with Crippen LogP contribution in [0.4, 0.5) is 0 Å². The van der Waals surface area contributed by atoms with Gasteiger partial charge in [0.1, 0.15) is 11.3 Å². The second kappa shape index (κ2) is 7.10. The van der Waals surface area contributed by atoms with Crippen LogP contribution in [0.3, 0.4) is 0 Å². The molecule has 0 saturated carbocycles. The maximum Gasteiger partial charge on any atom is 0.134 e. The largest absolute Gasteiger partial charge is 0.459 e. The number of rotatable bonds is 7. The Morgan fingerprint density at radius 2 is 1.90 bits per heavy atom. The van der Waals surface area contributed by atoms with E-state index in [4.69, 9.17) is 9.15 Å². The molecule has 1 heterocycles. The molecule has 3 nitrogen and oxygen atoms in total. The van der Waals surface area contributed by atoms with E-state index in [0.29, 0.717) is 18.6 Å². The lowest BCUT2D eigenvalue weighted by Crippen LogP contribution is -2.39. The SMILES string of the molecule is CCc1c(C(C)NC(COC)C(C)C)oc2ccccc12. The smallest absolute Gasteiger partial charge is 0.134 e. The Bertz CT molecular complexity index is 574. The first-order valence-electron chi connectivity index (χ1n) is 7.83. The molecule has 0 saturated heterocycles. The fourth-order valence-electron chi connectivity index (χ4n) is 2.84. The van der Waals surface area contributed by atoms with Crippen LogP contribution in [-0.4, -0.2) is 19.8 Å². The molecule has 2 rings (SSSR count). The lowest BCUT2D eigenvalue weighted by atomic mass is 10.0. The number of furan rings is 1. The minimum Gasteiger partial charge on any atom is -0.459 e. The Balaban J connectivity index is 2.28. The highest BCUT2D eigenvalue weighted by Gasteiger charge is 2.22. The molecule has 0 aliphatic heterocycles. The lowest BCUT2D eigenvalue weighted by Gasteiger charge is -2.25. The van der Waals surface area contributed by atoms with Crippen molar-refractivity contribution >= 4 is 11.0 Å². The molecular weight excluding hydrogens is 262 g/mol. The van der Waals surface area contributed by atoms with E-state index in [2.05, 4.69) is 45.1 Å². The minimum atomic E-state index is 0.176. The molecule has 0 fully saturated rings. The Morgan fingerprint density at radius 1 is 1.19 bits per heavy atom. The lowest BCUT2D eigenvalue weighted by molar-refractivity contribution is 0.139. The topological polar surface area (TPSA) is 34.4 Å². The van der Waals surface area contributed by atoms with Gasteiger partial charge in [0, 0.05) is 24.1 Å². The number of ether oxygens (including phenoxy) is 1. The van der Waals surface area contributed by atoms with E-state index in [9.17, 15) is 0 Å². The Labute approximate surface area is 127 Å². The van der Waals surface area contributed by atoms with Crippen molar-refractivity contribution in [3.8, 4) is 0 Å². The monoisotopic (exact) mass is 289 g/mol. The molecule has 0 spiro atoms. The number of benzene rings is 1. The van der Waals surface area contributed by atoms with Crippen molar-refractivity contribution in [2.24, 2.45) is 5.92 Å². The number of fused-ring (bicyclic) bond motifs is 1. The average molecular weight is 289 g/mol. The summed E-state index contributed by atoms with van der Waals surface area (Å²) >= 11 is 0. The van der Waals surface area contributed by atoms with Crippen molar-refractivity contribution in [3.63, 3.8) is 0 Å². The number of methoxy groups -OCH3 is 1. The third-order valence-electron chi connectivity index (χ3n) is 4.09. The quantitative estimate of drug-likeness (QED) is 0.824. The molecule has 1 aromatic heterocycles. The van der Waals surface area contributed by atoms with Gasteiger partial charge in [-0.25, -0.2) is 0 Å². The molecule has 0 aliphatic carbocycles. The minimum absolute atomic E-state index is 0.176. The Kier molecular flexibility index (Phi) is 5.43. The first kappa shape index (κ1) is 16.1. The van der Waals surface area contributed by atoms with Crippen LogP contribution >= 0.6 is 0 Å². The number of hydrogen-bond acceptors (Lipinski definition) is 3. The van der Waals surface area contributed by atoms with Crippen LogP contribution < -0.4 is 5.32 Å². The van der Waals surface area contributed by atoms with Gasteiger partial charge < -0.3 is 14.5 Å². The van der Waals surface area contributed by atoms with Crippen molar-refractivity contribution in [2.75, 3.05) is 13.7 Å². The van der Waals surface area contributed by atoms with Crippen LogP contribution in [0.25, 0.3) is 11.0 Å². The van der Waals surface area contributed by atoms with Gasteiger partial charge in [-0.05, 0) is 25.3 Å². The van der Waals surface area contributed by atoms with E-state index in [1.54, 1.807) is 7.11 Å². The maximum atomic E-state index is 6.11. The molecule has 0 amide bonds. The molecule has 116 valence electrons. The molecule has 1 N–H and O–H groups in total.